The van der Waals surface area contributed by atoms with Crippen LogP contribution in [0.15, 0.2) is 30.3 Å². The number of nitrogens with two attached hydrogens (primary N) is 4. The summed E-state index contributed by atoms with van der Waals surface area (Å²) in [4.78, 5) is 111. The van der Waals surface area contributed by atoms with E-state index in [2.05, 4.69) is 26.6 Å². The zero-order chi connectivity index (χ0) is 38.0. The molecule has 19 heteroatoms. The van der Waals surface area contributed by atoms with Gasteiger partial charge in [-0.15, -0.1) is 0 Å². The minimum Gasteiger partial charge on any atom is -0.480 e. The summed E-state index contributed by atoms with van der Waals surface area (Å²) in [6.07, 6.45) is -1.60. The topological polar surface area (TPSA) is 338 Å². The molecule has 0 aromatic heterocycles. The first-order chi connectivity index (χ1) is 23.4. The van der Waals surface area contributed by atoms with Crippen molar-refractivity contribution >= 4 is 53.2 Å². The van der Waals surface area contributed by atoms with Crippen molar-refractivity contribution < 1.29 is 48.3 Å². The highest BCUT2D eigenvalue weighted by atomic mass is 16.4. The van der Waals surface area contributed by atoms with Crippen molar-refractivity contribution in [3.05, 3.63) is 35.9 Å². The summed E-state index contributed by atoms with van der Waals surface area (Å²) in [6.45, 7) is 2.73. The van der Waals surface area contributed by atoms with Crippen LogP contribution in [0.5, 0.6) is 0 Å². The minimum atomic E-state index is -1.56. The normalized spacial score (nSPS) is 13.8. The predicted octanol–water partition coefficient (Wildman–Crippen LogP) is -3.85. The Morgan fingerprint density at radius 1 is 0.660 bits per heavy atom. The number of hydrogen-bond donors (Lipinski definition) is 10. The highest BCUT2D eigenvalue weighted by molar-refractivity contribution is 5.96. The van der Waals surface area contributed by atoms with Crippen LogP contribution >= 0.6 is 0 Å². The minimum absolute atomic E-state index is 0.0675. The summed E-state index contributed by atoms with van der Waals surface area (Å²) in [7, 11) is 0. The summed E-state index contributed by atoms with van der Waals surface area (Å²) >= 11 is 0. The number of carbonyl (C=O) groups excluding carboxylic acids is 8. The van der Waals surface area contributed by atoms with Gasteiger partial charge in [0.25, 0.3) is 0 Å². The molecular formula is C31H47N9O10. The second-order valence-electron chi connectivity index (χ2n) is 12.0. The van der Waals surface area contributed by atoms with Crippen LogP contribution in [0.3, 0.4) is 0 Å². The van der Waals surface area contributed by atoms with Gasteiger partial charge in [-0.1, -0.05) is 44.2 Å². The maximum absolute atomic E-state index is 13.4. The first kappa shape index (κ1) is 42.4. The fourth-order valence-corrected chi connectivity index (χ4v) is 4.51. The maximum atomic E-state index is 13.4. The molecule has 5 atom stereocenters. The Morgan fingerprint density at radius 3 is 1.74 bits per heavy atom. The van der Waals surface area contributed by atoms with Gasteiger partial charge in [-0.05, 0) is 30.7 Å². The van der Waals surface area contributed by atoms with E-state index < -0.39 is 96.4 Å². The standard InChI is InChI=1S/C31H47N9O10/c1-16(2)12-22(31(49)50)40-30(48)21(14-25(35)43)37-26(44)15-36-28(46)20(13-17-6-4-3-5-7-17)39-29(47)19(9-11-24(34)42)38-27(45)18(32)8-10-23(33)41/h3-7,16,18-22H,8-15,32H2,1-2H3,(H2,33,41)(H2,34,42)(H2,35,43)(H,36,46)(H,37,44)(H,38,45)(H,39,47)(H,40,48)(H,49,50)/t18-,19-,20-,21-,22-/m0/s1. The van der Waals surface area contributed by atoms with E-state index in [1.54, 1.807) is 44.2 Å². The van der Waals surface area contributed by atoms with Gasteiger partial charge in [0.15, 0.2) is 0 Å². The van der Waals surface area contributed by atoms with Crippen molar-refractivity contribution in [2.75, 3.05) is 6.54 Å². The molecule has 276 valence electrons. The lowest BCUT2D eigenvalue weighted by atomic mass is 10.0. The molecule has 0 aliphatic rings. The van der Waals surface area contributed by atoms with Gasteiger partial charge >= 0.3 is 5.97 Å². The second-order valence-corrected chi connectivity index (χ2v) is 12.0. The van der Waals surface area contributed by atoms with E-state index in [0.29, 0.717) is 5.56 Å². The van der Waals surface area contributed by atoms with E-state index in [0.717, 1.165) is 0 Å². The molecular weight excluding hydrogens is 658 g/mol. The molecule has 0 radical (unpaired) electrons. The fraction of sp³-hybridized carbons (Fsp3) is 0.516. The van der Waals surface area contributed by atoms with Gasteiger partial charge in [0.1, 0.15) is 24.2 Å². The van der Waals surface area contributed by atoms with Crippen LogP contribution < -0.4 is 49.5 Å². The van der Waals surface area contributed by atoms with Crippen molar-refractivity contribution in [3.63, 3.8) is 0 Å². The van der Waals surface area contributed by atoms with Gasteiger partial charge < -0.3 is 54.6 Å². The molecule has 0 saturated heterocycles. The highest BCUT2D eigenvalue weighted by Crippen LogP contribution is 2.08. The fourth-order valence-electron chi connectivity index (χ4n) is 4.51. The third-order valence-corrected chi connectivity index (χ3v) is 7.07. The lowest BCUT2D eigenvalue weighted by molar-refractivity contribution is -0.143. The molecule has 0 unspecified atom stereocenters. The third-order valence-electron chi connectivity index (χ3n) is 7.07. The number of rotatable bonds is 23. The van der Waals surface area contributed by atoms with Crippen LogP contribution in [0.2, 0.25) is 0 Å². The number of aliphatic carboxylic acids is 1. The number of carbonyl (C=O) groups is 9. The summed E-state index contributed by atoms with van der Waals surface area (Å²) in [5, 5.41) is 21.2. The first-order valence-electron chi connectivity index (χ1n) is 15.7. The Bertz CT molecular complexity index is 1390. The van der Waals surface area contributed by atoms with Gasteiger partial charge in [-0.25, -0.2) is 4.79 Å². The quantitative estimate of drug-likeness (QED) is 0.0525. The zero-order valence-corrected chi connectivity index (χ0v) is 27.9. The zero-order valence-electron chi connectivity index (χ0n) is 27.9. The van der Waals surface area contributed by atoms with Gasteiger partial charge in [-0.3, -0.25) is 38.4 Å². The molecule has 1 aromatic carbocycles. The van der Waals surface area contributed by atoms with Crippen molar-refractivity contribution in [1.29, 1.82) is 0 Å². The van der Waals surface area contributed by atoms with Crippen molar-refractivity contribution in [1.82, 2.24) is 26.6 Å². The molecule has 0 spiro atoms. The van der Waals surface area contributed by atoms with Crippen molar-refractivity contribution in [2.24, 2.45) is 28.9 Å². The Labute approximate surface area is 288 Å². The summed E-state index contributed by atoms with van der Waals surface area (Å²) in [5.74, 6) is -8.39. The molecule has 0 aliphatic carbocycles. The summed E-state index contributed by atoms with van der Waals surface area (Å²) < 4.78 is 0. The van der Waals surface area contributed by atoms with Gasteiger partial charge in [0.2, 0.25) is 47.3 Å². The van der Waals surface area contributed by atoms with Gasteiger partial charge in [0, 0.05) is 19.3 Å². The molecule has 0 fully saturated rings. The monoisotopic (exact) mass is 705 g/mol. The first-order valence-corrected chi connectivity index (χ1v) is 15.7. The van der Waals surface area contributed by atoms with E-state index in [-0.39, 0.29) is 44.4 Å². The summed E-state index contributed by atoms with van der Waals surface area (Å²) in [6, 6.07) is 1.60. The molecule has 0 heterocycles. The number of nitrogens with one attached hydrogen (secondary N) is 5. The lowest BCUT2D eigenvalue weighted by Gasteiger charge is -2.24. The number of hydrogen-bond acceptors (Lipinski definition) is 10. The van der Waals surface area contributed by atoms with E-state index in [1.165, 1.54) is 0 Å². The van der Waals surface area contributed by atoms with E-state index in [4.69, 9.17) is 22.9 Å². The van der Waals surface area contributed by atoms with Crippen LogP contribution in [0, 0.1) is 5.92 Å². The van der Waals surface area contributed by atoms with Crippen LogP contribution in [0.4, 0.5) is 0 Å². The Balaban J connectivity index is 3.11. The second kappa shape index (κ2) is 21.4. The van der Waals surface area contributed by atoms with Crippen LogP contribution in [-0.4, -0.2) is 95.1 Å². The number of amides is 8. The van der Waals surface area contributed by atoms with E-state index >= 15 is 0 Å². The summed E-state index contributed by atoms with van der Waals surface area (Å²) in [5.41, 5.74) is 21.9. The number of carboxylic acid groups (broad SMARTS) is 1. The molecule has 50 heavy (non-hydrogen) atoms. The Hall–Kier alpha value is -5.59. The van der Waals surface area contributed by atoms with Gasteiger partial charge in [-0.2, -0.15) is 0 Å². The predicted molar refractivity (Wildman–Crippen MR) is 177 cm³/mol. The largest absolute Gasteiger partial charge is 0.480 e. The molecule has 8 amide bonds. The average molecular weight is 706 g/mol. The molecule has 1 aromatic rings. The third kappa shape index (κ3) is 17.0. The molecule has 0 aliphatic heterocycles. The van der Waals surface area contributed by atoms with Crippen LogP contribution in [0.25, 0.3) is 0 Å². The number of primary amides is 3. The SMILES string of the molecule is CC(C)C[C@H](NC(=O)[C@H](CC(N)=O)NC(=O)CNC(=O)[C@H](Cc1ccccc1)NC(=O)[C@H](CCC(N)=O)NC(=O)[C@@H](N)CCC(N)=O)C(=O)O. The smallest absolute Gasteiger partial charge is 0.326 e. The van der Waals surface area contributed by atoms with Crippen molar-refractivity contribution in [3.8, 4) is 0 Å². The van der Waals surface area contributed by atoms with E-state index in [1.807, 2.05) is 0 Å². The molecule has 1 rings (SSSR count). The lowest BCUT2D eigenvalue weighted by Crippen LogP contribution is -2.57. The highest BCUT2D eigenvalue weighted by Gasteiger charge is 2.31. The number of benzene rings is 1. The van der Waals surface area contributed by atoms with E-state index in [9.17, 15) is 48.3 Å². The van der Waals surface area contributed by atoms with Crippen molar-refractivity contribution in [2.45, 2.75) is 89.0 Å². The molecule has 0 saturated carbocycles. The number of carboxylic acids is 1. The Kier molecular flexibility index (Phi) is 18.2. The Morgan fingerprint density at radius 2 is 1.20 bits per heavy atom. The molecule has 14 N–H and O–H groups in total. The molecule has 19 nitrogen and oxygen atoms in total. The van der Waals surface area contributed by atoms with Crippen LogP contribution in [-0.2, 0) is 49.6 Å². The van der Waals surface area contributed by atoms with Gasteiger partial charge in [0.05, 0.1) is 19.0 Å². The van der Waals surface area contributed by atoms with Crippen LogP contribution in [0.1, 0.15) is 57.9 Å². The maximum Gasteiger partial charge on any atom is 0.326 e. The molecule has 0 bridgehead atoms. The average Bonchev–Trinajstić information content (AvgIpc) is 3.02.